The smallest absolute Gasteiger partial charge is 0.0243 e. The van der Waals surface area contributed by atoms with E-state index in [1.807, 2.05) is 0 Å². The lowest BCUT2D eigenvalue weighted by Crippen LogP contribution is -2.58. The van der Waals surface area contributed by atoms with Crippen molar-refractivity contribution in [2.75, 3.05) is 13.1 Å². The van der Waals surface area contributed by atoms with E-state index in [-0.39, 0.29) is 0 Å². The summed E-state index contributed by atoms with van der Waals surface area (Å²) in [6.07, 6.45) is 1.14. The third-order valence-corrected chi connectivity index (χ3v) is 4.35. The minimum absolute atomic E-state index is 0.291. The maximum atomic E-state index is 3.45. The second-order valence-electron chi connectivity index (χ2n) is 5.86. The lowest BCUT2D eigenvalue weighted by atomic mass is 9.70. The van der Waals surface area contributed by atoms with Gasteiger partial charge in [-0.3, -0.25) is 0 Å². The summed E-state index contributed by atoms with van der Waals surface area (Å²) >= 11 is 0. The van der Waals surface area contributed by atoms with Crippen molar-refractivity contribution in [3.63, 3.8) is 0 Å². The molecule has 1 N–H and O–H groups in total. The highest BCUT2D eigenvalue weighted by molar-refractivity contribution is 5.37. The number of nitrogens with one attached hydrogen (secondary N) is 1. The van der Waals surface area contributed by atoms with Crippen LogP contribution in [0.25, 0.3) is 0 Å². The molecule has 3 rings (SSSR count). The second kappa shape index (κ2) is 4.82. The zero-order valence-electron chi connectivity index (χ0n) is 11.7. The molecule has 1 nitrogen and oxygen atoms in total. The fourth-order valence-corrected chi connectivity index (χ4v) is 3.00. The first kappa shape index (κ1) is 12.4. The molecule has 0 bridgehead atoms. The van der Waals surface area contributed by atoms with E-state index >= 15 is 0 Å². The molecule has 2 aromatic carbocycles. The minimum Gasteiger partial charge on any atom is -0.315 e. The molecule has 0 aliphatic carbocycles. The van der Waals surface area contributed by atoms with Crippen molar-refractivity contribution in [2.24, 2.45) is 0 Å². The van der Waals surface area contributed by atoms with Crippen molar-refractivity contribution in [3.8, 4) is 0 Å². The van der Waals surface area contributed by atoms with Crippen LogP contribution in [0.5, 0.6) is 0 Å². The van der Waals surface area contributed by atoms with Gasteiger partial charge in [0.1, 0.15) is 0 Å². The van der Waals surface area contributed by atoms with E-state index in [0.717, 1.165) is 19.5 Å². The fourth-order valence-electron chi connectivity index (χ4n) is 3.00. The van der Waals surface area contributed by atoms with Gasteiger partial charge >= 0.3 is 0 Å². The number of hydrogen-bond donors (Lipinski definition) is 1. The van der Waals surface area contributed by atoms with Crippen LogP contribution in [0.3, 0.4) is 0 Å². The van der Waals surface area contributed by atoms with Crippen molar-refractivity contribution < 1.29 is 0 Å². The topological polar surface area (TPSA) is 12.0 Å². The van der Waals surface area contributed by atoms with Crippen LogP contribution in [0.1, 0.15) is 22.3 Å². The molecule has 1 heterocycles. The number of aryl methyl sites for hydroxylation is 2. The summed E-state index contributed by atoms with van der Waals surface area (Å²) in [5.41, 5.74) is 6.02. The highest BCUT2D eigenvalue weighted by Crippen LogP contribution is 2.33. The van der Waals surface area contributed by atoms with E-state index in [1.54, 1.807) is 0 Å². The summed E-state index contributed by atoms with van der Waals surface area (Å²) in [5, 5.41) is 3.45. The Morgan fingerprint density at radius 3 is 2.37 bits per heavy atom. The monoisotopic (exact) mass is 251 g/mol. The average Bonchev–Trinajstić information content (AvgIpc) is 2.39. The average molecular weight is 251 g/mol. The molecule has 1 heteroatoms. The van der Waals surface area contributed by atoms with Crippen LogP contribution >= 0.6 is 0 Å². The van der Waals surface area contributed by atoms with E-state index in [9.17, 15) is 0 Å². The highest BCUT2D eigenvalue weighted by atomic mass is 15.0. The normalized spacial score (nSPS) is 16.9. The molecule has 19 heavy (non-hydrogen) atoms. The molecule has 2 aromatic rings. The van der Waals surface area contributed by atoms with Gasteiger partial charge in [0.2, 0.25) is 0 Å². The van der Waals surface area contributed by atoms with Gasteiger partial charge in [0.05, 0.1) is 0 Å². The van der Waals surface area contributed by atoms with E-state index in [4.69, 9.17) is 0 Å². The highest BCUT2D eigenvalue weighted by Gasteiger charge is 2.38. The summed E-state index contributed by atoms with van der Waals surface area (Å²) in [4.78, 5) is 0. The Morgan fingerprint density at radius 1 is 1.00 bits per heavy atom. The Bertz CT molecular complexity index is 567. The molecule has 0 aromatic heterocycles. The lowest BCUT2D eigenvalue weighted by Gasteiger charge is -2.44. The predicted octanol–water partition coefficient (Wildman–Crippen LogP) is 3.39. The van der Waals surface area contributed by atoms with Crippen molar-refractivity contribution in [3.05, 3.63) is 70.8 Å². The number of hydrogen-bond acceptors (Lipinski definition) is 1. The van der Waals surface area contributed by atoms with Gasteiger partial charge in [-0.2, -0.15) is 0 Å². The van der Waals surface area contributed by atoms with Crippen LogP contribution in [0.2, 0.25) is 0 Å². The summed E-state index contributed by atoms with van der Waals surface area (Å²) in [6.45, 7) is 6.57. The van der Waals surface area contributed by atoms with Gasteiger partial charge in [-0.1, -0.05) is 54.1 Å². The molecule has 0 radical (unpaired) electrons. The lowest BCUT2D eigenvalue weighted by molar-refractivity contribution is 0.274. The van der Waals surface area contributed by atoms with Crippen molar-refractivity contribution in [1.29, 1.82) is 0 Å². The quantitative estimate of drug-likeness (QED) is 0.881. The number of rotatable bonds is 3. The minimum atomic E-state index is 0.291. The summed E-state index contributed by atoms with van der Waals surface area (Å²) in [7, 11) is 0. The number of benzene rings is 2. The molecule has 1 aliphatic rings. The third kappa shape index (κ3) is 2.31. The van der Waals surface area contributed by atoms with E-state index in [0.29, 0.717) is 5.41 Å². The van der Waals surface area contributed by atoms with Gasteiger partial charge in [-0.15, -0.1) is 0 Å². The van der Waals surface area contributed by atoms with Gasteiger partial charge < -0.3 is 5.32 Å². The van der Waals surface area contributed by atoms with E-state index in [1.165, 1.54) is 22.3 Å². The largest absolute Gasteiger partial charge is 0.315 e. The first-order valence-corrected chi connectivity index (χ1v) is 7.02. The maximum Gasteiger partial charge on any atom is 0.0243 e. The molecule has 0 spiro atoms. The zero-order chi connectivity index (χ0) is 13.3. The van der Waals surface area contributed by atoms with Crippen molar-refractivity contribution in [1.82, 2.24) is 5.32 Å². The SMILES string of the molecule is Cc1ccc(C)c(CC2(c3ccccc3)CNC2)c1. The summed E-state index contributed by atoms with van der Waals surface area (Å²) in [5.74, 6) is 0. The molecule has 0 unspecified atom stereocenters. The Labute approximate surface area is 115 Å². The molecule has 0 amide bonds. The van der Waals surface area contributed by atoms with Gasteiger partial charge in [-0.25, -0.2) is 0 Å². The Hall–Kier alpha value is -1.60. The van der Waals surface area contributed by atoms with E-state index in [2.05, 4.69) is 67.7 Å². The molecule has 0 atom stereocenters. The van der Waals surface area contributed by atoms with E-state index < -0.39 is 0 Å². The molecule has 1 fully saturated rings. The standard InChI is InChI=1S/C18H21N/c1-14-8-9-15(2)16(10-14)11-18(12-19-13-18)17-6-4-3-5-7-17/h3-10,19H,11-13H2,1-2H3. The van der Waals surface area contributed by atoms with Crippen LogP contribution in [-0.2, 0) is 11.8 Å². The Balaban J connectivity index is 1.94. The zero-order valence-corrected chi connectivity index (χ0v) is 11.7. The molecule has 98 valence electrons. The summed E-state index contributed by atoms with van der Waals surface area (Å²) in [6, 6.07) is 17.7. The predicted molar refractivity (Wildman–Crippen MR) is 80.6 cm³/mol. The van der Waals surface area contributed by atoms with Crippen LogP contribution in [0.15, 0.2) is 48.5 Å². The maximum absolute atomic E-state index is 3.45. The molecule has 1 saturated heterocycles. The molecule has 0 saturated carbocycles. The molecule has 1 aliphatic heterocycles. The second-order valence-corrected chi connectivity index (χ2v) is 5.86. The van der Waals surface area contributed by atoms with Crippen molar-refractivity contribution >= 4 is 0 Å². The van der Waals surface area contributed by atoms with Crippen LogP contribution in [-0.4, -0.2) is 13.1 Å². The van der Waals surface area contributed by atoms with Crippen LogP contribution in [0.4, 0.5) is 0 Å². The van der Waals surface area contributed by atoms with Crippen LogP contribution in [0, 0.1) is 13.8 Å². The van der Waals surface area contributed by atoms with Gasteiger partial charge in [0.15, 0.2) is 0 Å². The Morgan fingerprint density at radius 2 is 1.74 bits per heavy atom. The van der Waals surface area contributed by atoms with Crippen LogP contribution < -0.4 is 5.32 Å². The van der Waals surface area contributed by atoms with Gasteiger partial charge in [0.25, 0.3) is 0 Å². The fraction of sp³-hybridized carbons (Fsp3) is 0.333. The molecular formula is C18H21N. The molecular weight excluding hydrogens is 230 g/mol. The first-order chi connectivity index (χ1) is 9.20. The van der Waals surface area contributed by atoms with Gasteiger partial charge in [0, 0.05) is 18.5 Å². The first-order valence-electron chi connectivity index (χ1n) is 7.02. The third-order valence-electron chi connectivity index (χ3n) is 4.35. The summed E-state index contributed by atoms with van der Waals surface area (Å²) < 4.78 is 0. The van der Waals surface area contributed by atoms with Gasteiger partial charge in [-0.05, 0) is 37.0 Å². The van der Waals surface area contributed by atoms with Crippen molar-refractivity contribution in [2.45, 2.75) is 25.7 Å². The Kier molecular flexibility index (Phi) is 3.16.